The number of nitrogens with zero attached hydrogens (tertiary/aromatic N) is 5. The van der Waals surface area contributed by atoms with Crippen LogP contribution in [0.4, 0.5) is 5.69 Å². The van der Waals surface area contributed by atoms with Crippen LogP contribution in [0.5, 0.6) is 0 Å². The predicted octanol–water partition coefficient (Wildman–Crippen LogP) is 2.89. The van der Waals surface area contributed by atoms with E-state index in [1.54, 1.807) is 54.5 Å². The smallest absolute Gasteiger partial charge is 0.248 e. The second-order valence-corrected chi connectivity index (χ2v) is 6.03. The molecule has 8 nitrogen and oxygen atoms in total. The molecule has 2 N–H and O–H groups in total. The molecule has 1 atom stereocenters. The zero-order valence-corrected chi connectivity index (χ0v) is 14.4. The summed E-state index contributed by atoms with van der Waals surface area (Å²) in [5.74, 6) is -0.228. The number of anilines is 1. The highest BCUT2D eigenvalue weighted by Crippen LogP contribution is 2.25. The number of hydrogen-bond donors (Lipinski definition) is 2. The van der Waals surface area contributed by atoms with Crippen LogP contribution in [-0.4, -0.2) is 30.6 Å². The summed E-state index contributed by atoms with van der Waals surface area (Å²) in [4.78, 5) is 24.1. The molecule has 132 valence electrons. The number of aromatic amines is 1. The third kappa shape index (κ3) is 3.14. The van der Waals surface area contributed by atoms with Crippen molar-refractivity contribution in [2.75, 3.05) is 5.32 Å². The Morgan fingerprint density at radius 1 is 1.33 bits per heavy atom. The maximum absolute atomic E-state index is 12.5. The molecule has 4 rings (SSSR count). The molecule has 1 aromatic carbocycles. The van der Waals surface area contributed by atoms with Gasteiger partial charge >= 0.3 is 0 Å². The Morgan fingerprint density at radius 3 is 3.07 bits per heavy atom. The van der Waals surface area contributed by atoms with Gasteiger partial charge in [0.2, 0.25) is 5.91 Å². The lowest BCUT2D eigenvalue weighted by Crippen LogP contribution is -2.24. The van der Waals surface area contributed by atoms with Crippen molar-refractivity contribution in [2.24, 2.45) is 0 Å². The highest BCUT2D eigenvalue weighted by Gasteiger charge is 2.18. The van der Waals surface area contributed by atoms with Crippen LogP contribution < -0.4 is 5.32 Å². The van der Waals surface area contributed by atoms with Gasteiger partial charge in [-0.05, 0) is 31.2 Å². The van der Waals surface area contributed by atoms with Crippen molar-refractivity contribution in [1.29, 1.82) is 5.26 Å². The van der Waals surface area contributed by atoms with Crippen molar-refractivity contribution in [3.8, 4) is 17.3 Å². The minimum atomic E-state index is -0.534. The van der Waals surface area contributed by atoms with Crippen LogP contribution in [0.25, 0.3) is 22.3 Å². The minimum absolute atomic E-state index is 0.228. The van der Waals surface area contributed by atoms with Gasteiger partial charge in [0.1, 0.15) is 18.0 Å². The first-order valence-electron chi connectivity index (χ1n) is 8.29. The van der Waals surface area contributed by atoms with Gasteiger partial charge in [0, 0.05) is 29.0 Å². The maximum atomic E-state index is 12.5. The van der Waals surface area contributed by atoms with Gasteiger partial charge in [-0.2, -0.15) is 10.4 Å². The average Bonchev–Trinajstić information content (AvgIpc) is 3.36. The van der Waals surface area contributed by atoms with Crippen molar-refractivity contribution in [1.82, 2.24) is 24.7 Å². The summed E-state index contributed by atoms with van der Waals surface area (Å²) >= 11 is 0. The Bertz CT molecular complexity index is 1170. The van der Waals surface area contributed by atoms with Crippen molar-refractivity contribution in [3.05, 3.63) is 60.8 Å². The second-order valence-electron chi connectivity index (χ2n) is 6.03. The third-order valence-electron chi connectivity index (χ3n) is 4.26. The van der Waals surface area contributed by atoms with Crippen molar-refractivity contribution < 1.29 is 4.79 Å². The molecule has 4 aromatic rings. The van der Waals surface area contributed by atoms with Gasteiger partial charge in [-0.25, -0.2) is 9.97 Å². The zero-order chi connectivity index (χ0) is 18.8. The molecule has 0 aliphatic carbocycles. The molecule has 0 radical (unpaired) electrons. The summed E-state index contributed by atoms with van der Waals surface area (Å²) < 4.78 is 1.58. The molecular formula is C19H15N7O. The summed E-state index contributed by atoms with van der Waals surface area (Å²) in [6.07, 6.45) is 6.75. The van der Waals surface area contributed by atoms with E-state index in [2.05, 4.69) is 31.4 Å². The Labute approximate surface area is 154 Å². The Kier molecular flexibility index (Phi) is 4.10. The summed E-state index contributed by atoms with van der Waals surface area (Å²) in [6.45, 7) is 1.76. The van der Waals surface area contributed by atoms with E-state index >= 15 is 0 Å². The second kappa shape index (κ2) is 6.72. The fourth-order valence-electron chi connectivity index (χ4n) is 2.81. The zero-order valence-electron chi connectivity index (χ0n) is 14.4. The molecule has 0 aliphatic rings. The van der Waals surface area contributed by atoms with Crippen LogP contribution in [0, 0.1) is 11.3 Å². The van der Waals surface area contributed by atoms with E-state index in [0.29, 0.717) is 11.3 Å². The number of carbonyl (C=O) groups is 1. The summed E-state index contributed by atoms with van der Waals surface area (Å²) in [7, 11) is 0. The number of H-pyrrole nitrogens is 1. The van der Waals surface area contributed by atoms with E-state index in [0.717, 1.165) is 22.3 Å². The molecule has 0 saturated heterocycles. The lowest BCUT2D eigenvalue weighted by atomic mass is 10.2. The summed E-state index contributed by atoms with van der Waals surface area (Å²) in [5.41, 5.74) is 3.36. The maximum Gasteiger partial charge on any atom is 0.248 e. The van der Waals surface area contributed by atoms with Crippen LogP contribution in [0.2, 0.25) is 0 Å². The first kappa shape index (κ1) is 16.5. The van der Waals surface area contributed by atoms with Gasteiger partial charge in [0.05, 0.1) is 23.5 Å². The largest absolute Gasteiger partial charge is 0.346 e. The van der Waals surface area contributed by atoms with E-state index in [4.69, 9.17) is 5.26 Å². The van der Waals surface area contributed by atoms with Gasteiger partial charge in [0.15, 0.2) is 0 Å². The molecule has 3 heterocycles. The molecule has 0 bridgehead atoms. The molecule has 0 fully saturated rings. The summed E-state index contributed by atoms with van der Waals surface area (Å²) in [6, 6.07) is 10.2. The van der Waals surface area contributed by atoms with Crippen molar-refractivity contribution in [3.63, 3.8) is 0 Å². The van der Waals surface area contributed by atoms with E-state index < -0.39 is 6.04 Å². The SMILES string of the molecule is CC(C(=O)Nc1cccc(C#N)c1)n1cc(-c2ncnc3[nH]ccc23)cn1. The molecule has 0 spiro atoms. The Morgan fingerprint density at radius 2 is 2.22 bits per heavy atom. The van der Waals surface area contributed by atoms with Gasteiger partial charge in [-0.15, -0.1) is 0 Å². The Balaban J connectivity index is 1.56. The van der Waals surface area contributed by atoms with Crippen molar-refractivity contribution >= 4 is 22.6 Å². The van der Waals surface area contributed by atoms with Crippen LogP contribution >= 0.6 is 0 Å². The number of amides is 1. The number of nitriles is 1. The number of nitrogens with one attached hydrogen (secondary N) is 2. The number of rotatable bonds is 4. The monoisotopic (exact) mass is 357 g/mol. The third-order valence-corrected chi connectivity index (χ3v) is 4.26. The normalized spacial score (nSPS) is 11.9. The molecule has 1 unspecified atom stereocenters. The lowest BCUT2D eigenvalue weighted by Gasteiger charge is -2.12. The van der Waals surface area contributed by atoms with Gasteiger partial charge in [-0.3, -0.25) is 9.48 Å². The first-order chi connectivity index (χ1) is 13.2. The molecule has 0 saturated carbocycles. The van der Waals surface area contributed by atoms with E-state index in [1.165, 1.54) is 6.33 Å². The highest BCUT2D eigenvalue weighted by atomic mass is 16.2. The van der Waals surface area contributed by atoms with Gasteiger partial charge < -0.3 is 10.3 Å². The van der Waals surface area contributed by atoms with Crippen LogP contribution in [0.3, 0.4) is 0 Å². The first-order valence-corrected chi connectivity index (χ1v) is 8.29. The topological polar surface area (TPSA) is 112 Å². The summed E-state index contributed by atoms with van der Waals surface area (Å²) in [5, 5.41) is 17.0. The van der Waals surface area contributed by atoms with E-state index in [-0.39, 0.29) is 5.91 Å². The van der Waals surface area contributed by atoms with Gasteiger partial charge in [0.25, 0.3) is 0 Å². The Hall–Kier alpha value is -3.99. The fraction of sp³-hybridized carbons (Fsp3) is 0.105. The minimum Gasteiger partial charge on any atom is -0.346 e. The molecular weight excluding hydrogens is 342 g/mol. The molecule has 1 amide bonds. The van der Waals surface area contributed by atoms with Gasteiger partial charge in [-0.1, -0.05) is 6.07 Å². The number of hydrogen-bond acceptors (Lipinski definition) is 5. The average molecular weight is 357 g/mol. The predicted molar refractivity (Wildman–Crippen MR) is 99.6 cm³/mol. The van der Waals surface area contributed by atoms with E-state index in [1.807, 2.05) is 6.07 Å². The molecule has 3 aromatic heterocycles. The standard InChI is InChI=1S/C19H15N7O/c1-12(19(27)25-15-4-2-3-13(7-15)8-20)26-10-14(9-24-26)17-16-5-6-21-18(16)23-11-22-17/h2-7,9-12H,1H3,(H,25,27)(H,21,22,23). The number of aromatic nitrogens is 5. The van der Waals surface area contributed by atoms with Crippen LogP contribution in [-0.2, 0) is 4.79 Å². The van der Waals surface area contributed by atoms with Crippen LogP contribution in [0.1, 0.15) is 18.5 Å². The molecule has 8 heteroatoms. The quantitative estimate of drug-likeness (QED) is 0.583. The number of carbonyl (C=O) groups excluding carboxylic acids is 1. The van der Waals surface area contributed by atoms with E-state index in [9.17, 15) is 4.79 Å². The van der Waals surface area contributed by atoms with Crippen LogP contribution in [0.15, 0.2) is 55.2 Å². The fourth-order valence-corrected chi connectivity index (χ4v) is 2.81. The number of benzene rings is 1. The highest BCUT2D eigenvalue weighted by molar-refractivity contribution is 5.94. The molecule has 0 aliphatic heterocycles. The van der Waals surface area contributed by atoms with Crippen molar-refractivity contribution in [2.45, 2.75) is 13.0 Å². The number of fused-ring (bicyclic) bond motifs is 1. The lowest BCUT2D eigenvalue weighted by molar-refractivity contribution is -0.119. The molecule has 27 heavy (non-hydrogen) atoms.